The molecule has 2 aromatic rings. The molecule has 0 aliphatic heterocycles. The molecule has 7 nitrogen and oxygen atoms in total. The zero-order chi connectivity index (χ0) is 15.0. The molecule has 1 aliphatic carbocycles. The first kappa shape index (κ1) is 14.5. The molecule has 0 saturated carbocycles. The molecule has 1 aliphatic rings. The Morgan fingerprint density at radius 2 is 1.95 bits per heavy atom. The van der Waals surface area contributed by atoms with E-state index in [4.69, 9.17) is 0 Å². The van der Waals surface area contributed by atoms with Gasteiger partial charge in [-0.25, -0.2) is 4.98 Å². The first-order chi connectivity index (χ1) is 9.97. The van der Waals surface area contributed by atoms with Gasteiger partial charge in [0.15, 0.2) is 10.8 Å². The summed E-state index contributed by atoms with van der Waals surface area (Å²) in [6.07, 6.45) is 6.81. The lowest BCUT2D eigenvalue weighted by molar-refractivity contribution is 0.580. The average molecular weight is 372 g/mol. The Labute approximate surface area is 131 Å². The van der Waals surface area contributed by atoms with Gasteiger partial charge in [-0.3, -0.25) is 14.4 Å². The molecule has 0 bridgehead atoms. The fourth-order valence-corrected chi connectivity index (χ4v) is 4.55. The van der Waals surface area contributed by atoms with Crippen molar-refractivity contribution in [1.82, 2.24) is 19.7 Å². The molecule has 9 heteroatoms. The van der Waals surface area contributed by atoms with Crippen molar-refractivity contribution >= 4 is 31.8 Å². The van der Waals surface area contributed by atoms with Gasteiger partial charge in [0.2, 0.25) is 0 Å². The molecule has 0 radical (unpaired) electrons. The van der Waals surface area contributed by atoms with Crippen LogP contribution in [0.2, 0.25) is 0 Å². The average Bonchev–Trinajstić information content (AvgIpc) is 2.78. The lowest BCUT2D eigenvalue weighted by Crippen LogP contribution is -2.19. The third-order valence-corrected chi connectivity index (χ3v) is 5.66. The van der Waals surface area contributed by atoms with E-state index >= 15 is 0 Å². The summed E-state index contributed by atoms with van der Waals surface area (Å²) in [5, 5.41) is 3.97. The highest BCUT2D eigenvalue weighted by Crippen LogP contribution is 2.24. The van der Waals surface area contributed by atoms with Crippen LogP contribution < -0.4 is 4.72 Å². The minimum absolute atomic E-state index is 0.0574. The topological polar surface area (TPSA) is 89.8 Å². The maximum absolute atomic E-state index is 12.4. The predicted octanol–water partition coefficient (Wildman–Crippen LogP) is 1.65. The summed E-state index contributed by atoms with van der Waals surface area (Å²) < 4.78 is 29.0. The second-order valence-electron chi connectivity index (χ2n) is 4.88. The van der Waals surface area contributed by atoms with E-state index in [1.165, 1.54) is 17.1 Å². The number of halogens is 1. The number of fused-ring (bicyclic) bond motifs is 1. The summed E-state index contributed by atoms with van der Waals surface area (Å²) in [6, 6.07) is 0. The van der Waals surface area contributed by atoms with Gasteiger partial charge < -0.3 is 0 Å². The molecular weight excluding hydrogens is 358 g/mol. The van der Waals surface area contributed by atoms with Crippen LogP contribution in [0.1, 0.15) is 24.2 Å². The van der Waals surface area contributed by atoms with Crippen molar-refractivity contribution < 1.29 is 8.42 Å². The highest BCUT2D eigenvalue weighted by molar-refractivity contribution is 9.10. The van der Waals surface area contributed by atoms with Crippen molar-refractivity contribution in [3.05, 3.63) is 28.3 Å². The van der Waals surface area contributed by atoms with E-state index in [9.17, 15) is 8.42 Å². The SMILES string of the molecule is Cn1ncc(Br)c1S(=O)(=O)Nc1cnc2c(n1)CCCC2. The number of sulfonamides is 1. The number of hydrogen-bond donors (Lipinski definition) is 1. The Hall–Kier alpha value is -1.48. The molecule has 112 valence electrons. The molecular formula is C12H14BrN5O2S. The molecule has 1 N–H and O–H groups in total. The third-order valence-electron chi connectivity index (χ3n) is 3.34. The normalized spacial score (nSPS) is 14.8. The Morgan fingerprint density at radius 3 is 2.62 bits per heavy atom. The van der Waals surface area contributed by atoms with E-state index in [2.05, 4.69) is 35.7 Å². The number of aryl methyl sites for hydroxylation is 3. The van der Waals surface area contributed by atoms with Crippen LogP contribution in [0.25, 0.3) is 0 Å². The van der Waals surface area contributed by atoms with Gasteiger partial charge in [0.1, 0.15) is 0 Å². The largest absolute Gasteiger partial charge is 0.281 e. The molecule has 0 spiro atoms. The third kappa shape index (κ3) is 2.80. The Bertz CT molecular complexity index is 767. The van der Waals surface area contributed by atoms with Gasteiger partial charge in [0.05, 0.1) is 28.3 Å². The van der Waals surface area contributed by atoms with Crippen molar-refractivity contribution in [3.8, 4) is 0 Å². The molecule has 21 heavy (non-hydrogen) atoms. The minimum atomic E-state index is -3.76. The second-order valence-corrected chi connectivity index (χ2v) is 7.33. The van der Waals surface area contributed by atoms with Gasteiger partial charge in [0, 0.05) is 7.05 Å². The molecule has 0 atom stereocenters. The van der Waals surface area contributed by atoms with Crippen LogP contribution in [0.15, 0.2) is 21.9 Å². The van der Waals surface area contributed by atoms with Crippen LogP contribution >= 0.6 is 15.9 Å². The standard InChI is InChI=1S/C12H14BrN5O2S/c1-18-12(8(13)6-15-18)21(19,20)17-11-7-14-9-4-2-3-5-10(9)16-11/h6-7H,2-5H2,1H3,(H,16,17). The molecule has 2 heterocycles. The molecule has 0 fully saturated rings. The number of rotatable bonds is 3. The van der Waals surface area contributed by atoms with Crippen molar-refractivity contribution in [2.45, 2.75) is 30.7 Å². The van der Waals surface area contributed by atoms with E-state index in [0.29, 0.717) is 4.47 Å². The van der Waals surface area contributed by atoms with Gasteiger partial charge in [-0.1, -0.05) is 0 Å². The Kier molecular flexibility index (Phi) is 3.70. The van der Waals surface area contributed by atoms with E-state index < -0.39 is 10.0 Å². The molecule has 0 saturated heterocycles. The van der Waals surface area contributed by atoms with Crippen molar-refractivity contribution in [3.63, 3.8) is 0 Å². The van der Waals surface area contributed by atoms with Crippen molar-refractivity contribution in [2.24, 2.45) is 7.05 Å². The number of aromatic nitrogens is 4. The summed E-state index contributed by atoms with van der Waals surface area (Å²) in [4.78, 5) is 8.68. The zero-order valence-electron chi connectivity index (χ0n) is 11.4. The van der Waals surface area contributed by atoms with Crippen LogP contribution in [0.4, 0.5) is 5.82 Å². The van der Waals surface area contributed by atoms with Crippen LogP contribution in [0.3, 0.4) is 0 Å². The van der Waals surface area contributed by atoms with Gasteiger partial charge in [-0.15, -0.1) is 0 Å². The number of nitrogens with one attached hydrogen (secondary N) is 1. The summed E-state index contributed by atoms with van der Waals surface area (Å²) >= 11 is 3.19. The first-order valence-corrected chi connectivity index (χ1v) is 8.80. The molecule has 0 amide bonds. The van der Waals surface area contributed by atoms with Crippen molar-refractivity contribution in [2.75, 3.05) is 4.72 Å². The number of nitrogens with zero attached hydrogens (tertiary/aromatic N) is 4. The Balaban J connectivity index is 1.93. The number of anilines is 1. The predicted molar refractivity (Wildman–Crippen MR) is 80.4 cm³/mol. The van der Waals surface area contributed by atoms with Gasteiger partial charge in [0.25, 0.3) is 10.0 Å². The van der Waals surface area contributed by atoms with E-state index in [-0.39, 0.29) is 10.8 Å². The lowest BCUT2D eigenvalue weighted by Gasteiger charge is -2.15. The molecule has 2 aromatic heterocycles. The first-order valence-electron chi connectivity index (χ1n) is 6.52. The summed E-state index contributed by atoms with van der Waals surface area (Å²) in [7, 11) is -2.19. The van der Waals surface area contributed by atoms with Gasteiger partial charge in [-0.2, -0.15) is 13.5 Å². The van der Waals surface area contributed by atoms with Gasteiger partial charge in [-0.05, 0) is 41.6 Å². The minimum Gasteiger partial charge on any atom is -0.261 e. The summed E-state index contributed by atoms with van der Waals surface area (Å²) in [5.74, 6) is 0.240. The quantitative estimate of drug-likeness (QED) is 0.885. The van der Waals surface area contributed by atoms with Crippen LogP contribution in [-0.4, -0.2) is 28.2 Å². The fourth-order valence-electron chi connectivity index (χ4n) is 2.38. The maximum atomic E-state index is 12.4. The number of hydrogen-bond acceptors (Lipinski definition) is 5. The smallest absolute Gasteiger partial charge is 0.261 e. The van der Waals surface area contributed by atoms with Crippen molar-refractivity contribution in [1.29, 1.82) is 0 Å². The zero-order valence-corrected chi connectivity index (χ0v) is 13.8. The van der Waals surface area contributed by atoms with Crippen LogP contribution in [0.5, 0.6) is 0 Å². The Morgan fingerprint density at radius 1 is 1.24 bits per heavy atom. The highest BCUT2D eigenvalue weighted by atomic mass is 79.9. The van der Waals surface area contributed by atoms with Crippen LogP contribution in [0, 0.1) is 0 Å². The van der Waals surface area contributed by atoms with Gasteiger partial charge >= 0.3 is 0 Å². The molecule has 3 rings (SSSR count). The summed E-state index contributed by atoms with van der Waals surface area (Å²) in [5.41, 5.74) is 1.84. The maximum Gasteiger partial charge on any atom is 0.281 e. The lowest BCUT2D eigenvalue weighted by atomic mass is 10.0. The highest BCUT2D eigenvalue weighted by Gasteiger charge is 2.23. The fraction of sp³-hybridized carbons (Fsp3) is 0.417. The van der Waals surface area contributed by atoms with E-state index in [0.717, 1.165) is 37.1 Å². The van der Waals surface area contributed by atoms with Crippen LogP contribution in [-0.2, 0) is 29.9 Å². The van der Waals surface area contributed by atoms with E-state index in [1.807, 2.05) is 0 Å². The summed E-state index contributed by atoms with van der Waals surface area (Å²) in [6.45, 7) is 0. The van der Waals surface area contributed by atoms with E-state index in [1.54, 1.807) is 7.05 Å². The molecule has 0 aromatic carbocycles. The second kappa shape index (κ2) is 5.38. The molecule has 0 unspecified atom stereocenters. The monoisotopic (exact) mass is 371 g/mol.